The van der Waals surface area contributed by atoms with E-state index in [-0.39, 0.29) is 11.8 Å². The highest BCUT2D eigenvalue weighted by atomic mass is 16.2. The molecule has 0 saturated carbocycles. The monoisotopic (exact) mass is 354 g/mol. The van der Waals surface area contributed by atoms with Crippen molar-refractivity contribution in [3.63, 3.8) is 0 Å². The third-order valence-electron chi connectivity index (χ3n) is 4.20. The Bertz CT molecular complexity index is 787. The van der Waals surface area contributed by atoms with Crippen LogP contribution in [0.25, 0.3) is 0 Å². The van der Waals surface area contributed by atoms with E-state index >= 15 is 0 Å². The number of hydrogen-bond donors (Lipinski definition) is 3. The van der Waals surface area contributed by atoms with E-state index in [9.17, 15) is 9.59 Å². The van der Waals surface area contributed by atoms with Gasteiger partial charge in [0.25, 0.3) is 11.8 Å². The molecular weight excluding hydrogens is 326 g/mol. The number of quaternary nitrogens is 1. The number of carbonyl (C=O) groups is 2. The van der Waals surface area contributed by atoms with Crippen molar-refractivity contribution in [2.45, 2.75) is 27.3 Å². The van der Waals surface area contributed by atoms with Crippen LogP contribution in [-0.2, 0) is 11.3 Å². The lowest BCUT2D eigenvalue weighted by Gasteiger charge is -2.16. The van der Waals surface area contributed by atoms with Crippen molar-refractivity contribution in [1.29, 1.82) is 0 Å². The van der Waals surface area contributed by atoms with Crippen LogP contribution >= 0.6 is 0 Å². The maximum absolute atomic E-state index is 12.3. The predicted octanol–water partition coefficient (Wildman–Crippen LogP) is 1.71. The molecule has 0 aliphatic heterocycles. The number of nitrogens with one attached hydrogen (secondary N) is 3. The Morgan fingerprint density at radius 3 is 2.54 bits per heavy atom. The summed E-state index contributed by atoms with van der Waals surface area (Å²) in [4.78, 5) is 25.3. The standard InChI is InChI=1S/C21H27N3O2/c1-5-22-21(26)17-7-6-8-19(12-17)23-20(25)14-24(4)13-18-10-9-15(2)11-16(18)3/h6-12H,5,13-14H2,1-4H3,(H,22,26)(H,23,25)/p+1. The molecule has 1 atom stereocenters. The maximum Gasteiger partial charge on any atom is 0.279 e. The number of amides is 2. The first-order chi connectivity index (χ1) is 12.4. The summed E-state index contributed by atoms with van der Waals surface area (Å²) in [6.07, 6.45) is 0. The fourth-order valence-corrected chi connectivity index (χ4v) is 2.91. The van der Waals surface area contributed by atoms with Gasteiger partial charge in [-0.3, -0.25) is 9.59 Å². The van der Waals surface area contributed by atoms with E-state index in [1.165, 1.54) is 16.7 Å². The first kappa shape index (κ1) is 19.7. The van der Waals surface area contributed by atoms with E-state index < -0.39 is 0 Å². The summed E-state index contributed by atoms with van der Waals surface area (Å²) in [6, 6.07) is 13.4. The summed E-state index contributed by atoms with van der Waals surface area (Å²) < 4.78 is 0. The van der Waals surface area contributed by atoms with Crippen molar-refractivity contribution >= 4 is 17.5 Å². The Morgan fingerprint density at radius 2 is 1.85 bits per heavy atom. The van der Waals surface area contributed by atoms with Crippen LogP contribution in [0.4, 0.5) is 5.69 Å². The smallest absolute Gasteiger partial charge is 0.279 e. The minimum atomic E-state index is -0.138. The van der Waals surface area contributed by atoms with E-state index in [0.29, 0.717) is 24.3 Å². The van der Waals surface area contributed by atoms with Gasteiger partial charge in [-0.05, 0) is 44.5 Å². The minimum absolute atomic E-state index is 0.0692. The average Bonchev–Trinajstić information content (AvgIpc) is 2.57. The molecule has 0 spiro atoms. The molecule has 2 aromatic rings. The quantitative estimate of drug-likeness (QED) is 0.709. The zero-order valence-electron chi connectivity index (χ0n) is 16.0. The van der Waals surface area contributed by atoms with Gasteiger partial charge in [-0.1, -0.05) is 29.8 Å². The van der Waals surface area contributed by atoms with Crippen LogP contribution in [0.5, 0.6) is 0 Å². The average molecular weight is 354 g/mol. The zero-order chi connectivity index (χ0) is 19.1. The number of anilines is 1. The molecule has 5 nitrogen and oxygen atoms in total. The van der Waals surface area contributed by atoms with Gasteiger partial charge in [-0.2, -0.15) is 0 Å². The summed E-state index contributed by atoms with van der Waals surface area (Å²) in [6.45, 7) is 7.77. The lowest BCUT2D eigenvalue weighted by molar-refractivity contribution is -0.885. The number of aryl methyl sites for hydroxylation is 2. The number of likely N-dealkylation sites (N-methyl/N-ethyl adjacent to an activating group) is 1. The summed E-state index contributed by atoms with van der Waals surface area (Å²) in [5.74, 6) is -0.207. The van der Waals surface area contributed by atoms with E-state index in [1.807, 2.05) is 14.0 Å². The van der Waals surface area contributed by atoms with Crippen LogP contribution in [0.3, 0.4) is 0 Å². The largest absolute Gasteiger partial charge is 0.352 e. The number of benzene rings is 2. The molecule has 2 amide bonds. The fourth-order valence-electron chi connectivity index (χ4n) is 2.91. The van der Waals surface area contributed by atoms with Crippen LogP contribution in [0.1, 0.15) is 34.0 Å². The second-order valence-electron chi connectivity index (χ2n) is 6.73. The van der Waals surface area contributed by atoms with Crippen molar-refractivity contribution in [3.05, 3.63) is 64.7 Å². The van der Waals surface area contributed by atoms with Crippen LogP contribution in [0.2, 0.25) is 0 Å². The predicted molar refractivity (Wildman–Crippen MR) is 104 cm³/mol. The maximum atomic E-state index is 12.3. The second kappa shape index (κ2) is 9.15. The first-order valence-corrected chi connectivity index (χ1v) is 8.94. The molecule has 2 rings (SSSR count). The molecule has 0 bridgehead atoms. The normalized spacial score (nSPS) is 11.7. The molecule has 1 unspecified atom stereocenters. The highest BCUT2D eigenvalue weighted by Crippen LogP contribution is 2.11. The van der Waals surface area contributed by atoms with Gasteiger partial charge < -0.3 is 15.5 Å². The first-order valence-electron chi connectivity index (χ1n) is 8.94. The molecule has 0 aliphatic carbocycles. The topological polar surface area (TPSA) is 62.6 Å². The van der Waals surface area contributed by atoms with E-state index in [1.54, 1.807) is 24.3 Å². The lowest BCUT2D eigenvalue weighted by atomic mass is 10.1. The van der Waals surface area contributed by atoms with Crippen molar-refractivity contribution < 1.29 is 14.5 Å². The molecular formula is C21H28N3O2+. The number of hydrogen-bond acceptors (Lipinski definition) is 2. The van der Waals surface area contributed by atoms with Gasteiger partial charge in [0.1, 0.15) is 6.54 Å². The third kappa shape index (κ3) is 5.70. The molecule has 3 N–H and O–H groups in total. The highest BCUT2D eigenvalue weighted by molar-refractivity contribution is 5.97. The molecule has 5 heteroatoms. The van der Waals surface area contributed by atoms with E-state index in [2.05, 4.69) is 42.7 Å². The lowest BCUT2D eigenvalue weighted by Crippen LogP contribution is -3.08. The number of carbonyl (C=O) groups excluding carboxylic acids is 2. The van der Waals surface area contributed by atoms with Crippen LogP contribution < -0.4 is 15.5 Å². The van der Waals surface area contributed by atoms with Gasteiger partial charge in [-0.15, -0.1) is 0 Å². The molecule has 138 valence electrons. The van der Waals surface area contributed by atoms with Gasteiger partial charge in [0.2, 0.25) is 0 Å². The second-order valence-corrected chi connectivity index (χ2v) is 6.73. The van der Waals surface area contributed by atoms with Crippen LogP contribution in [0, 0.1) is 13.8 Å². The molecule has 0 aromatic heterocycles. The molecule has 0 heterocycles. The van der Waals surface area contributed by atoms with Crippen molar-refractivity contribution in [3.8, 4) is 0 Å². The number of rotatable bonds is 7. The van der Waals surface area contributed by atoms with E-state index in [4.69, 9.17) is 0 Å². The van der Waals surface area contributed by atoms with Gasteiger partial charge >= 0.3 is 0 Å². The fraction of sp³-hybridized carbons (Fsp3) is 0.333. The van der Waals surface area contributed by atoms with Gasteiger partial charge in [-0.25, -0.2) is 0 Å². The van der Waals surface area contributed by atoms with Gasteiger partial charge in [0, 0.05) is 23.4 Å². The Morgan fingerprint density at radius 1 is 1.08 bits per heavy atom. The Hall–Kier alpha value is -2.66. The van der Waals surface area contributed by atoms with Crippen molar-refractivity contribution in [2.75, 3.05) is 25.5 Å². The minimum Gasteiger partial charge on any atom is -0.352 e. The van der Waals surface area contributed by atoms with E-state index in [0.717, 1.165) is 11.4 Å². The highest BCUT2D eigenvalue weighted by Gasteiger charge is 2.13. The molecule has 0 radical (unpaired) electrons. The van der Waals surface area contributed by atoms with Gasteiger partial charge in [0.15, 0.2) is 6.54 Å². The molecule has 0 fully saturated rings. The molecule has 26 heavy (non-hydrogen) atoms. The Balaban J connectivity index is 1.93. The summed E-state index contributed by atoms with van der Waals surface area (Å²) in [7, 11) is 2.00. The molecule has 0 aliphatic rings. The summed E-state index contributed by atoms with van der Waals surface area (Å²) in [5, 5.41) is 5.64. The van der Waals surface area contributed by atoms with Crippen LogP contribution in [-0.4, -0.2) is 32.0 Å². The van der Waals surface area contributed by atoms with Gasteiger partial charge in [0.05, 0.1) is 7.05 Å². The van der Waals surface area contributed by atoms with Crippen molar-refractivity contribution in [2.24, 2.45) is 0 Å². The Kier molecular flexibility index (Phi) is 6.92. The summed E-state index contributed by atoms with van der Waals surface area (Å²) >= 11 is 0. The SMILES string of the molecule is CCNC(=O)c1cccc(NC(=O)C[NH+](C)Cc2ccc(C)cc2C)c1. The Labute approximate surface area is 155 Å². The van der Waals surface area contributed by atoms with Crippen LogP contribution in [0.15, 0.2) is 42.5 Å². The molecule has 2 aromatic carbocycles. The van der Waals surface area contributed by atoms with Crippen molar-refractivity contribution in [1.82, 2.24) is 5.32 Å². The third-order valence-corrected chi connectivity index (χ3v) is 4.20. The zero-order valence-corrected chi connectivity index (χ0v) is 16.0. The summed E-state index contributed by atoms with van der Waals surface area (Å²) in [5.41, 5.74) is 4.92. The molecule has 0 saturated heterocycles.